The van der Waals surface area contributed by atoms with E-state index in [1.807, 2.05) is 23.1 Å². The predicted molar refractivity (Wildman–Crippen MR) is 115 cm³/mol. The zero-order valence-corrected chi connectivity index (χ0v) is 18.3. The van der Waals surface area contributed by atoms with Crippen LogP contribution in [0.1, 0.15) is 31.7 Å². The molecule has 30 heavy (non-hydrogen) atoms. The molecule has 1 fully saturated rings. The van der Waals surface area contributed by atoms with E-state index >= 15 is 0 Å². The summed E-state index contributed by atoms with van der Waals surface area (Å²) in [6, 6.07) is 11.5. The zero-order chi connectivity index (χ0) is 21.5. The highest BCUT2D eigenvalue weighted by molar-refractivity contribution is 7.89. The lowest BCUT2D eigenvalue weighted by molar-refractivity contribution is -0.124. The lowest BCUT2D eigenvalue weighted by Gasteiger charge is -2.39. The van der Waals surface area contributed by atoms with Crippen molar-refractivity contribution in [2.75, 3.05) is 18.0 Å². The maximum atomic E-state index is 13.4. The lowest BCUT2D eigenvalue weighted by atomic mass is 9.91. The van der Waals surface area contributed by atoms with Crippen LogP contribution in [-0.2, 0) is 21.2 Å². The van der Waals surface area contributed by atoms with Gasteiger partial charge in [-0.25, -0.2) is 12.8 Å². The monoisotopic (exact) mass is 450 g/mol. The molecule has 0 N–H and O–H groups in total. The standard InChI is InChI=1S/C22H24ClFN2O3S/c1-15-6-7-16-4-2-3-5-21(16)26(15)22(27)17-10-12-25(13-11-17)30(28,29)18-8-9-20(24)19(23)14-18/h2-5,8-9,14-15,17H,6-7,10-13H2,1H3. The van der Waals surface area contributed by atoms with Gasteiger partial charge >= 0.3 is 0 Å². The van der Waals surface area contributed by atoms with Gasteiger partial charge < -0.3 is 4.90 Å². The molecular weight excluding hydrogens is 427 g/mol. The van der Waals surface area contributed by atoms with Crippen molar-refractivity contribution in [1.82, 2.24) is 4.31 Å². The summed E-state index contributed by atoms with van der Waals surface area (Å²) in [5.41, 5.74) is 2.15. The van der Waals surface area contributed by atoms with E-state index in [0.717, 1.165) is 30.7 Å². The molecule has 160 valence electrons. The molecule has 2 aliphatic rings. The van der Waals surface area contributed by atoms with Crippen LogP contribution in [-0.4, -0.2) is 37.8 Å². The number of hydrogen-bond acceptors (Lipinski definition) is 3. The average Bonchev–Trinajstić information content (AvgIpc) is 2.75. The fraction of sp³-hybridized carbons (Fsp3) is 0.409. The van der Waals surface area contributed by atoms with Crippen LogP contribution in [0.2, 0.25) is 5.02 Å². The Kier molecular flexibility index (Phi) is 5.88. The smallest absolute Gasteiger partial charge is 0.243 e. The van der Waals surface area contributed by atoms with E-state index in [1.165, 1.54) is 15.9 Å². The van der Waals surface area contributed by atoms with E-state index in [2.05, 4.69) is 13.0 Å². The van der Waals surface area contributed by atoms with Crippen LogP contribution in [0.25, 0.3) is 0 Å². The molecule has 0 radical (unpaired) electrons. The minimum Gasteiger partial charge on any atom is -0.309 e. The van der Waals surface area contributed by atoms with Crippen molar-refractivity contribution < 1.29 is 17.6 Å². The Hall–Kier alpha value is -1.96. The number of sulfonamides is 1. The Balaban J connectivity index is 1.48. The average molecular weight is 451 g/mol. The van der Waals surface area contributed by atoms with Crippen molar-refractivity contribution in [3.8, 4) is 0 Å². The number of hydrogen-bond donors (Lipinski definition) is 0. The summed E-state index contributed by atoms with van der Waals surface area (Å²) in [7, 11) is -3.78. The normalized spacial score (nSPS) is 20.8. The van der Waals surface area contributed by atoms with Crippen molar-refractivity contribution in [2.24, 2.45) is 5.92 Å². The largest absolute Gasteiger partial charge is 0.309 e. The summed E-state index contributed by atoms with van der Waals surface area (Å²) in [5, 5.41) is -0.223. The summed E-state index contributed by atoms with van der Waals surface area (Å²) in [6.07, 6.45) is 2.79. The predicted octanol–water partition coefficient (Wildman–Crippen LogP) is 4.25. The molecular formula is C22H24ClFN2O3S. The van der Waals surface area contributed by atoms with Crippen LogP contribution in [0.5, 0.6) is 0 Å². The van der Waals surface area contributed by atoms with Gasteiger partial charge in [0.05, 0.1) is 9.92 Å². The van der Waals surface area contributed by atoms with E-state index in [0.29, 0.717) is 12.8 Å². The molecule has 1 amide bonds. The van der Waals surface area contributed by atoms with Gasteiger partial charge in [0, 0.05) is 30.7 Å². The lowest BCUT2D eigenvalue weighted by Crippen LogP contribution is -2.48. The van der Waals surface area contributed by atoms with Crippen LogP contribution in [0, 0.1) is 11.7 Å². The van der Waals surface area contributed by atoms with Crippen molar-refractivity contribution in [1.29, 1.82) is 0 Å². The molecule has 0 bridgehead atoms. The maximum absolute atomic E-state index is 13.4. The van der Waals surface area contributed by atoms with Crippen molar-refractivity contribution >= 4 is 33.2 Å². The van der Waals surface area contributed by atoms with Crippen LogP contribution < -0.4 is 4.90 Å². The molecule has 0 saturated carbocycles. The van der Waals surface area contributed by atoms with Crippen LogP contribution >= 0.6 is 11.6 Å². The molecule has 1 atom stereocenters. The number of carbonyl (C=O) groups is 1. The maximum Gasteiger partial charge on any atom is 0.243 e. The second kappa shape index (κ2) is 8.29. The molecule has 2 heterocycles. The number of benzene rings is 2. The van der Waals surface area contributed by atoms with Crippen molar-refractivity contribution in [2.45, 2.75) is 43.5 Å². The topological polar surface area (TPSA) is 57.7 Å². The van der Waals surface area contributed by atoms with Crippen molar-refractivity contribution in [3.63, 3.8) is 0 Å². The summed E-state index contributed by atoms with van der Waals surface area (Å²) < 4.78 is 40.5. The minimum atomic E-state index is -3.78. The number of carbonyl (C=O) groups excluding carboxylic acids is 1. The number of anilines is 1. The second-order valence-corrected chi connectivity index (χ2v) is 10.3. The number of aryl methyl sites for hydroxylation is 1. The van der Waals surface area contributed by atoms with Gasteiger partial charge in [-0.05, 0) is 62.4 Å². The molecule has 1 saturated heterocycles. The third-order valence-electron chi connectivity index (χ3n) is 6.09. The van der Waals surface area contributed by atoms with E-state index in [9.17, 15) is 17.6 Å². The molecule has 0 aliphatic carbocycles. The molecule has 1 unspecified atom stereocenters. The Bertz CT molecular complexity index is 1070. The van der Waals surface area contributed by atoms with Gasteiger partial charge in [-0.2, -0.15) is 4.31 Å². The van der Waals surface area contributed by atoms with Crippen LogP contribution in [0.15, 0.2) is 47.4 Å². The number of fused-ring (bicyclic) bond motifs is 1. The molecule has 8 heteroatoms. The molecule has 4 rings (SSSR count). The third kappa shape index (κ3) is 3.86. The summed E-state index contributed by atoms with van der Waals surface area (Å²) in [6.45, 7) is 2.56. The van der Waals surface area contributed by atoms with Gasteiger partial charge in [-0.15, -0.1) is 0 Å². The molecule has 0 aromatic heterocycles. The Morgan fingerprint density at radius 2 is 1.80 bits per heavy atom. The summed E-state index contributed by atoms with van der Waals surface area (Å²) in [5.74, 6) is -0.811. The first-order valence-corrected chi connectivity index (χ1v) is 12.0. The fourth-order valence-corrected chi connectivity index (χ4v) is 6.09. The first kappa shape index (κ1) is 21.3. The van der Waals surface area contributed by atoms with Gasteiger partial charge in [0.15, 0.2) is 0 Å². The number of amides is 1. The van der Waals surface area contributed by atoms with E-state index in [-0.39, 0.29) is 40.9 Å². The highest BCUT2D eigenvalue weighted by atomic mass is 35.5. The number of rotatable bonds is 3. The van der Waals surface area contributed by atoms with Gasteiger partial charge in [0.25, 0.3) is 0 Å². The number of para-hydroxylation sites is 1. The number of nitrogens with zero attached hydrogens (tertiary/aromatic N) is 2. The first-order valence-electron chi connectivity index (χ1n) is 10.1. The number of piperidine rings is 1. The SMILES string of the molecule is CC1CCc2ccccc2N1C(=O)C1CCN(S(=O)(=O)c2ccc(F)c(Cl)c2)CC1. The minimum absolute atomic E-state index is 0.0303. The quantitative estimate of drug-likeness (QED) is 0.702. The fourth-order valence-electron chi connectivity index (χ4n) is 4.35. The Morgan fingerprint density at radius 3 is 2.50 bits per heavy atom. The molecule has 2 aromatic carbocycles. The van der Waals surface area contributed by atoms with Crippen molar-refractivity contribution in [3.05, 3.63) is 58.9 Å². The highest BCUT2D eigenvalue weighted by Gasteiger charge is 2.37. The van der Waals surface area contributed by atoms with E-state index < -0.39 is 15.8 Å². The molecule has 0 spiro atoms. The van der Waals surface area contributed by atoms with Gasteiger partial charge in [-0.1, -0.05) is 29.8 Å². The summed E-state index contributed by atoms with van der Waals surface area (Å²) >= 11 is 5.76. The van der Waals surface area contributed by atoms with Gasteiger partial charge in [0.1, 0.15) is 5.82 Å². The second-order valence-electron chi connectivity index (χ2n) is 7.98. The number of halogens is 2. The van der Waals surface area contributed by atoms with Gasteiger partial charge in [0.2, 0.25) is 15.9 Å². The Morgan fingerprint density at radius 1 is 1.10 bits per heavy atom. The van der Waals surface area contributed by atoms with Crippen LogP contribution in [0.4, 0.5) is 10.1 Å². The molecule has 2 aromatic rings. The summed E-state index contributed by atoms with van der Waals surface area (Å²) in [4.78, 5) is 15.2. The van der Waals surface area contributed by atoms with E-state index in [4.69, 9.17) is 11.6 Å². The zero-order valence-electron chi connectivity index (χ0n) is 16.7. The molecule has 2 aliphatic heterocycles. The van der Waals surface area contributed by atoms with Crippen LogP contribution in [0.3, 0.4) is 0 Å². The molecule has 5 nitrogen and oxygen atoms in total. The van der Waals surface area contributed by atoms with Gasteiger partial charge in [-0.3, -0.25) is 4.79 Å². The Labute approximate surface area is 181 Å². The first-order chi connectivity index (χ1) is 14.3. The van der Waals surface area contributed by atoms with E-state index in [1.54, 1.807) is 0 Å². The third-order valence-corrected chi connectivity index (χ3v) is 8.28. The highest BCUT2D eigenvalue weighted by Crippen LogP contribution is 2.34.